The molecule has 0 unspecified atom stereocenters. The van der Waals surface area contributed by atoms with E-state index in [2.05, 4.69) is 15.6 Å². The number of amides is 1. The topological polar surface area (TPSA) is 63.1 Å². The number of carbonyl (C=O) groups is 1. The molecule has 1 aliphatic heterocycles. The van der Waals surface area contributed by atoms with Crippen LogP contribution in [0.15, 0.2) is 29.4 Å². The van der Waals surface area contributed by atoms with E-state index in [0.29, 0.717) is 23.3 Å². The number of carbonyl (C=O) groups excluding carboxylic acids is 1. The van der Waals surface area contributed by atoms with Crippen LogP contribution in [0.4, 0.5) is 0 Å². The average Bonchev–Trinajstić information content (AvgIpc) is 2.96. The molecule has 1 amide bonds. The molecule has 2 heterocycles. The predicted octanol–water partition coefficient (Wildman–Crippen LogP) is 2.87. The Morgan fingerprint density at radius 1 is 1.29 bits per heavy atom. The second-order valence-electron chi connectivity index (χ2n) is 5.57. The average molecular weight is 366 g/mol. The van der Waals surface area contributed by atoms with Crippen LogP contribution in [0.25, 0.3) is 0 Å². The van der Waals surface area contributed by atoms with Gasteiger partial charge in [0.1, 0.15) is 11.1 Å². The minimum absolute atomic E-state index is 0.101. The van der Waals surface area contributed by atoms with E-state index in [4.69, 9.17) is 11.6 Å². The highest BCUT2D eigenvalue weighted by Gasteiger charge is 2.38. The van der Waals surface area contributed by atoms with Gasteiger partial charge in [-0.2, -0.15) is 0 Å². The highest BCUT2D eigenvalue weighted by Crippen LogP contribution is 2.38. The highest BCUT2D eigenvalue weighted by atomic mass is 35.5. The van der Waals surface area contributed by atoms with Gasteiger partial charge in [-0.05, 0) is 38.5 Å². The Kier molecular flexibility index (Phi) is 5.01. The van der Waals surface area contributed by atoms with E-state index in [1.165, 1.54) is 11.8 Å². The van der Waals surface area contributed by atoms with Crippen molar-refractivity contribution in [3.8, 4) is 0 Å². The van der Waals surface area contributed by atoms with Crippen molar-refractivity contribution in [3.05, 3.63) is 40.7 Å². The van der Waals surface area contributed by atoms with Gasteiger partial charge in [-0.15, -0.1) is 10.2 Å². The Labute approximate surface area is 150 Å². The normalized spacial score (nSPS) is 19.5. The van der Waals surface area contributed by atoms with E-state index in [1.54, 1.807) is 0 Å². The van der Waals surface area contributed by atoms with Crippen molar-refractivity contribution in [1.82, 2.24) is 19.8 Å². The van der Waals surface area contributed by atoms with Gasteiger partial charge >= 0.3 is 0 Å². The number of aryl methyl sites for hydroxylation is 1. The molecule has 1 aromatic heterocycles. The molecule has 128 valence electrons. The van der Waals surface area contributed by atoms with Crippen molar-refractivity contribution in [1.29, 1.82) is 0 Å². The van der Waals surface area contributed by atoms with E-state index in [9.17, 15) is 4.79 Å². The van der Waals surface area contributed by atoms with E-state index in [-0.39, 0.29) is 17.2 Å². The lowest BCUT2D eigenvalue weighted by molar-refractivity contribution is -0.130. The summed E-state index contributed by atoms with van der Waals surface area (Å²) >= 11 is 7.46. The van der Waals surface area contributed by atoms with Crippen LogP contribution in [-0.4, -0.2) is 44.0 Å². The predicted molar refractivity (Wildman–Crippen MR) is 95.9 cm³/mol. The van der Waals surface area contributed by atoms with Crippen molar-refractivity contribution in [2.45, 2.75) is 37.2 Å². The second-order valence-corrected chi connectivity index (χ2v) is 7.12. The Bertz CT molecular complexity index is 729. The minimum Gasteiger partial charge on any atom is -0.342 e. The van der Waals surface area contributed by atoms with Crippen molar-refractivity contribution in [3.63, 3.8) is 0 Å². The van der Waals surface area contributed by atoms with Crippen LogP contribution in [-0.2, 0) is 4.79 Å². The Balaban J connectivity index is 1.99. The Morgan fingerprint density at radius 2 is 1.96 bits per heavy atom. The molecule has 6 nitrogen and oxygen atoms in total. The maximum atomic E-state index is 13.0. The molecule has 2 atom stereocenters. The number of thioether (sulfide) groups is 1. The van der Waals surface area contributed by atoms with Crippen LogP contribution in [0.5, 0.6) is 0 Å². The molecule has 0 bridgehead atoms. The second kappa shape index (κ2) is 7.03. The van der Waals surface area contributed by atoms with Crippen LogP contribution < -0.4 is 5.43 Å². The largest absolute Gasteiger partial charge is 0.342 e. The smallest absolute Gasteiger partial charge is 0.238 e. The number of hydrogen-bond acceptors (Lipinski definition) is 5. The van der Waals surface area contributed by atoms with Gasteiger partial charge < -0.3 is 10.3 Å². The molecule has 0 spiro atoms. The van der Waals surface area contributed by atoms with Crippen LogP contribution >= 0.6 is 23.4 Å². The molecule has 0 radical (unpaired) electrons. The van der Waals surface area contributed by atoms with E-state index >= 15 is 0 Å². The fraction of sp³-hybridized carbons (Fsp3) is 0.438. The fourth-order valence-electron chi connectivity index (χ4n) is 2.78. The van der Waals surface area contributed by atoms with Gasteiger partial charge in [0.2, 0.25) is 11.1 Å². The molecular weight excluding hydrogens is 346 g/mol. The third kappa shape index (κ3) is 3.10. The SMILES string of the molecule is CCN(CC)C(=O)[C@@H]1Sc2nnc(C)n2N[C@@H]1c1ccc(Cl)cc1. The van der Waals surface area contributed by atoms with Gasteiger partial charge in [-0.1, -0.05) is 35.5 Å². The highest BCUT2D eigenvalue weighted by molar-refractivity contribution is 8.00. The lowest BCUT2D eigenvalue weighted by Gasteiger charge is -2.35. The summed E-state index contributed by atoms with van der Waals surface area (Å²) in [5.41, 5.74) is 4.41. The molecule has 0 aliphatic carbocycles. The summed E-state index contributed by atoms with van der Waals surface area (Å²) in [6.07, 6.45) is 0. The first kappa shape index (κ1) is 17.1. The quantitative estimate of drug-likeness (QED) is 0.902. The zero-order valence-electron chi connectivity index (χ0n) is 13.9. The molecule has 1 N–H and O–H groups in total. The van der Waals surface area contributed by atoms with Gasteiger partial charge in [0, 0.05) is 18.1 Å². The van der Waals surface area contributed by atoms with Crippen molar-refractivity contribution < 1.29 is 4.79 Å². The first-order chi connectivity index (χ1) is 11.5. The lowest BCUT2D eigenvalue weighted by Crippen LogP contribution is -2.46. The molecule has 3 rings (SSSR count). The molecule has 2 aromatic rings. The van der Waals surface area contributed by atoms with Crippen LogP contribution in [0.3, 0.4) is 0 Å². The van der Waals surface area contributed by atoms with Gasteiger partial charge in [-0.3, -0.25) is 4.79 Å². The number of rotatable bonds is 4. The Morgan fingerprint density at radius 3 is 2.58 bits per heavy atom. The van der Waals surface area contributed by atoms with Crippen molar-refractivity contribution >= 4 is 29.3 Å². The van der Waals surface area contributed by atoms with E-state index in [0.717, 1.165) is 11.4 Å². The molecule has 24 heavy (non-hydrogen) atoms. The molecule has 0 saturated heterocycles. The summed E-state index contributed by atoms with van der Waals surface area (Å²) in [6.45, 7) is 7.24. The summed E-state index contributed by atoms with van der Waals surface area (Å²) in [6, 6.07) is 7.41. The zero-order chi connectivity index (χ0) is 17.3. The third-order valence-corrected chi connectivity index (χ3v) is 5.60. The standard InChI is InChI=1S/C16H20ClN5OS/c1-4-21(5-2)15(23)14-13(11-6-8-12(17)9-7-11)20-22-10(3)18-19-16(22)24-14/h6-9,13-14,20H,4-5H2,1-3H3/t13-,14-/m1/s1. The maximum absolute atomic E-state index is 13.0. The van der Waals surface area contributed by atoms with E-state index < -0.39 is 0 Å². The van der Waals surface area contributed by atoms with Gasteiger partial charge in [0.25, 0.3) is 0 Å². The van der Waals surface area contributed by atoms with E-state index in [1.807, 2.05) is 54.6 Å². The molecule has 0 fully saturated rings. The number of benzene rings is 1. The lowest BCUT2D eigenvalue weighted by atomic mass is 10.0. The summed E-state index contributed by atoms with van der Waals surface area (Å²) < 4.78 is 1.84. The van der Waals surface area contributed by atoms with Crippen molar-refractivity contribution in [2.24, 2.45) is 0 Å². The van der Waals surface area contributed by atoms with Crippen LogP contribution in [0.1, 0.15) is 31.3 Å². The monoisotopic (exact) mass is 365 g/mol. The minimum atomic E-state index is -0.304. The number of nitrogens with one attached hydrogen (secondary N) is 1. The van der Waals surface area contributed by atoms with Crippen molar-refractivity contribution in [2.75, 3.05) is 18.5 Å². The zero-order valence-corrected chi connectivity index (χ0v) is 15.4. The molecule has 0 saturated carbocycles. The van der Waals surface area contributed by atoms with Crippen LogP contribution in [0, 0.1) is 6.92 Å². The van der Waals surface area contributed by atoms with Crippen LogP contribution in [0.2, 0.25) is 5.02 Å². The number of aromatic nitrogens is 3. The number of halogens is 1. The molecule has 1 aliphatic rings. The maximum Gasteiger partial charge on any atom is 0.238 e. The first-order valence-corrected chi connectivity index (χ1v) is 9.20. The molecule has 1 aromatic carbocycles. The number of fused-ring (bicyclic) bond motifs is 1. The van der Waals surface area contributed by atoms with Gasteiger partial charge in [0.05, 0.1) is 6.04 Å². The summed E-state index contributed by atoms with van der Waals surface area (Å²) in [5.74, 6) is 0.870. The summed E-state index contributed by atoms with van der Waals surface area (Å²) in [5, 5.41) is 9.35. The number of nitrogens with zero attached hydrogens (tertiary/aromatic N) is 4. The summed E-state index contributed by atoms with van der Waals surface area (Å²) in [4.78, 5) is 14.9. The Hall–Kier alpha value is -1.73. The molecule has 8 heteroatoms. The summed E-state index contributed by atoms with van der Waals surface area (Å²) in [7, 11) is 0. The first-order valence-electron chi connectivity index (χ1n) is 7.94. The molecular formula is C16H20ClN5OS. The van der Waals surface area contributed by atoms with Gasteiger partial charge in [-0.25, -0.2) is 4.68 Å². The fourth-order valence-corrected chi connectivity index (χ4v) is 4.12. The third-order valence-electron chi connectivity index (χ3n) is 4.15. The van der Waals surface area contributed by atoms with Gasteiger partial charge in [0.15, 0.2) is 0 Å². The number of hydrogen-bond donors (Lipinski definition) is 1.